The van der Waals surface area contributed by atoms with Crippen molar-refractivity contribution in [1.82, 2.24) is 9.55 Å². The molecule has 1 aliphatic rings. The lowest BCUT2D eigenvalue weighted by Crippen LogP contribution is -2.05. The lowest BCUT2D eigenvalue weighted by atomic mass is 9.88. The van der Waals surface area contributed by atoms with Crippen molar-refractivity contribution in [3.05, 3.63) is 180 Å². The number of benzene rings is 6. The van der Waals surface area contributed by atoms with Crippen LogP contribution in [-0.2, 0) is 0 Å². The summed E-state index contributed by atoms with van der Waals surface area (Å²) in [6.07, 6.45) is 0. The highest BCUT2D eigenvalue weighted by Crippen LogP contribution is 2.52. The van der Waals surface area contributed by atoms with Crippen LogP contribution in [0.2, 0.25) is 0 Å². The van der Waals surface area contributed by atoms with E-state index < -0.39 is 0 Å². The fourth-order valence-electron chi connectivity index (χ4n) is 7.17. The molecule has 2 aromatic heterocycles. The molecule has 0 radical (unpaired) electrons. The first kappa shape index (κ1) is 24.8. The van der Waals surface area contributed by atoms with Crippen molar-refractivity contribution in [2.45, 2.75) is 5.92 Å². The third kappa shape index (κ3) is 3.78. The summed E-state index contributed by atoms with van der Waals surface area (Å²) in [5.74, 6) is 1.05. The standard InChI is InChI=1S/C42H28N2/c1-4-14-28(15-5-1)31-26-37(29-16-6-2-7-17-29)43-39(27-31)44-38-23-13-12-21-33(38)36-25-24-35-32-20-10-11-22-34(32)40(41(35)42(36)44)30-18-8-3-9-19-30/h1-27,40H. The molecule has 0 saturated carbocycles. The van der Waals surface area contributed by atoms with Gasteiger partial charge in [0.2, 0.25) is 0 Å². The van der Waals surface area contributed by atoms with Crippen LogP contribution in [-0.4, -0.2) is 9.55 Å². The van der Waals surface area contributed by atoms with Gasteiger partial charge in [-0.3, -0.25) is 4.57 Å². The molecule has 0 N–H and O–H groups in total. The Morgan fingerprint density at radius 3 is 1.93 bits per heavy atom. The Kier molecular flexibility index (Phi) is 5.60. The summed E-state index contributed by atoms with van der Waals surface area (Å²) in [4.78, 5) is 5.41. The van der Waals surface area contributed by atoms with Crippen LogP contribution in [0.3, 0.4) is 0 Å². The lowest BCUT2D eigenvalue weighted by molar-refractivity contribution is 1.00. The van der Waals surface area contributed by atoms with E-state index in [1.165, 1.54) is 49.7 Å². The molecule has 2 heterocycles. The van der Waals surface area contributed by atoms with Crippen LogP contribution < -0.4 is 0 Å². The average Bonchev–Trinajstić information content (AvgIpc) is 3.62. The molecule has 0 amide bonds. The summed E-state index contributed by atoms with van der Waals surface area (Å²) in [7, 11) is 0. The molecule has 2 heteroatoms. The van der Waals surface area contributed by atoms with E-state index in [0.29, 0.717) is 0 Å². The van der Waals surface area contributed by atoms with Crippen LogP contribution in [0.1, 0.15) is 22.6 Å². The summed E-state index contributed by atoms with van der Waals surface area (Å²) >= 11 is 0. The molecular weight excluding hydrogens is 532 g/mol. The van der Waals surface area contributed by atoms with E-state index in [0.717, 1.165) is 28.2 Å². The highest BCUT2D eigenvalue weighted by Gasteiger charge is 2.33. The SMILES string of the molecule is c1ccc(-c2cc(-c3ccccc3)nc(-n3c4ccccc4c4ccc5c(c43)C(c3ccccc3)c3ccccc3-5)c2)cc1. The highest BCUT2D eigenvalue weighted by atomic mass is 15.1. The number of rotatable bonds is 4. The summed E-state index contributed by atoms with van der Waals surface area (Å²) < 4.78 is 2.42. The van der Waals surface area contributed by atoms with Gasteiger partial charge in [-0.15, -0.1) is 0 Å². The van der Waals surface area contributed by atoms with Crippen LogP contribution in [0, 0.1) is 0 Å². The van der Waals surface area contributed by atoms with E-state index in [1.54, 1.807) is 0 Å². The first-order valence-corrected chi connectivity index (χ1v) is 15.2. The minimum absolute atomic E-state index is 0.125. The molecule has 1 atom stereocenters. The third-order valence-electron chi connectivity index (χ3n) is 9.08. The fraction of sp³-hybridized carbons (Fsp3) is 0.0238. The Morgan fingerprint density at radius 2 is 1.14 bits per heavy atom. The largest absolute Gasteiger partial charge is 0.293 e. The molecule has 1 unspecified atom stereocenters. The van der Waals surface area contributed by atoms with Gasteiger partial charge in [-0.05, 0) is 57.1 Å². The Bertz CT molecular complexity index is 2260. The Morgan fingerprint density at radius 1 is 0.477 bits per heavy atom. The van der Waals surface area contributed by atoms with E-state index in [2.05, 4.69) is 168 Å². The first-order valence-electron chi connectivity index (χ1n) is 15.2. The van der Waals surface area contributed by atoms with Gasteiger partial charge in [0.05, 0.1) is 16.7 Å². The smallest absolute Gasteiger partial charge is 0.138 e. The van der Waals surface area contributed by atoms with Crippen molar-refractivity contribution < 1.29 is 0 Å². The predicted octanol–water partition coefficient (Wildman–Crippen LogP) is 10.7. The zero-order chi connectivity index (χ0) is 29.0. The monoisotopic (exact) mass is 560 g/mol. The van der Waals surface area contributed by atoms with Crippen molar-refractivity contribution in [2.75, 3.05) is 0 Å². The number of nitrogens with zero attached hydrogens (tertiary/aromatic N) is 2. The Balaban J connectivity index is 1.42. The quantitative estimate of drug-likeness (QED) is 0.209. The van der Waals surface area contributed by atoms with Crippen molar-refractivity contribution in [3.63, 3.8) is 0 Å². The molecule has 1 aliphatic carbocycles. The maximum atomic E-state index is 5.41. The second-order valence-electron chi connectivity index (χ2n) is 11.5. The number of para-hydroxylation sites is 1. The number of hydrogen-bond acceptors (Lipinski definition) is 1. The predicted molar refractivity (Wildman–Crippen MR) is 182 cm³/mol. The molecule has 0 saturated heterocycles. The minimum Gasteiger partial charge on any atom is -0.293 e. The van der Waals surface area contributed by atoms with Gasteiger partial charge < -0.3 is 0 Å². The average molecular weight is 561 g/mol. The van der Waals surface area contributed by atoms with Crippen molar-refractivity contribution >= 4 is 21.8 Å². The summed E-state index contributed by atoms with van der Waals surface area (Å²) in [5.41, 5.74) is 13.4. The molecule has 0 fully saturated rings. The van der Waals surface area contributed by atoms with Crippen LogP contribution in [0.5, 0.6) is 0 Å². The fourth-order valence-corrected chi connectivity index (χ4v) is 7.17. The van der Waals surface area contributed by atoms with Crippen molar-refractivity contribution in [3.8, 4) is 39.3 Å². The van der Waals surface area contributed by atoms with Crippen LogP contribution in [0.25, 0.3) is 61.1 Å². The second kappa shape index (κ2) is 9.93. The molecule has 0 spiro atoms. The number of hydrogen-bond donors (Lipinski definition) is 0. The molecule has 9 rings (SSSR count). The van der Waals surface area contributed by atoms with E-state index >= 15 is 0 Å². The summed E-state index contributed by atoms with van der Waals surface area (Å²) in [6, 6.07) is 58.9. The molecule has 0 bridgehead atoms. The molecule has 206 valence electrons. The van der Waals surface area contributed by atoms with Gasteiger partial charge in [-0.1, -0.05) is 146 Å². The normalized spacial score (nSPS) is 13.7. The molecule has 0 aliphatic heterocycles. The van der Waals surface area contributed by atoms with E-state index in [4.69, 9.17) is 4.98 Å². The molecule has 44 heavy (non-hydrogen) atoms. The maximum absolute atomic E-state index is 5.41. The van der Waals surface area contributed by atoms with Crippen LogP contribution in [0.4, 0.5) is 0 Å². The summed E-state index contributed by atoms with van der Waals surface area (Å²) in [5, 5.41) is 2.49. The Labute approximate surface area is 256 Å². The number of pyridine rings is 1. The van der Waals surface area contributed by atoms with Gasteiger partial charge in [0, 0.05) is 22.3 Å². The molecular formula is C42H28N2. The van der Waals surface area contributed by atoms with Gasteiger partial charge in [0.1, 0.15) is 5.82 Å². The number of fused-ring (bicyclic) bond motifs is 7. The van der Waals surface area contributed by atoms with Crippen molar-refractivity contribution in [1.29, 1.82) is 0 Å². The van der Waals surface area contributed by atoms with E-state index in [-0.39, 0.29) is 5.92 Å². The topological polar surface area (TPSA) is 17.8 Å². The van der Waals surface area contributed by atoms with Gasteiger partial charge in [-0.2, -0.15) is 0 Å². The maximum Gasteiger partial charge on any atom is 0.138 e. The molecule has 8 aromatic rings. The van der Waals surface area contributed by atoms with Gasteiger partial charge in [0.15, 0.2) is 0 Å². The molecule has 2 nitrogen and oxygen atoms in total. The summed E-state index contributed by atoms with van der Waals surface area (Å²) in [6.45, 7) is 0. The van der Waals surface area contributed by atoms with E-state index in [9.17, 15) is 0 Å². The lowest BCUT2D eigenvalue weighted by Gasteiger charge is -2.18. The van der Waals surface area contributed by atoms with Gasteiger partial charge in [-0.25, -0.2) is 4.98 Å². The Hall–Kier alpha value is -5.73. The first-order chi connectivity index (χ1) is 21.8. The van der Waals surface area contributed by atoms with Gasteiger partial charge in [0.25, 0.3) is 0 Å². The third-order valence-corrected chi connectivity index (χ3v) is 9.08. The van der Waals surface area contributed by atoms with Crippen molar-refractivity contribution in [2.24, 2.45) is 0 Å². The minimum atomic E-state index is 0.125. The number of aromatic nitrogens is 2. The van der Waals surface area contributed by atoms with Crippen LogP contribution >= 0.6 is 0 Å². The zero-order valence-electron chi connectivity index (χ0n) is 24.1. The van der Waals surface area contributed by atoms with Gasteiger partial charge >= 0.3 is 0 Å². The second-order valence-corrected chi connectivity index (χ2v) is 11.5. The van der Waals surface area contributed by atoms with E-state index in [1.807, 2.05) is 0 Å². The zero-order valence-corrected chi connectivity index (χ0v) is 24.1. The van der Waals surface area contributed by atoms with Crippen LogP contribution in [0.15, 0.2) is 164 Å². The molecule has 6 aromatic carbocycles. The highest BCUT2D eigenvalue weighted by molar-refractivity contribution is 6.13.